The molecule has 3 rings (SSSR count). The number of halogens is 4. The molecular formula is C20H19F4N5O. The Hall–Kier alpha value is -3.43. The third-order valence-corrected chi connectivity index (χ3v) is 4.61. The zero-order valence-corrected chi connectivity index (χ0v) is 16.2. The molecule has 0 saturated carbocycles. The van der Waals surface area contributed by atoms with Crippen molar-refractivity contribution in [2.45, 2.75) is 19.1 Å². The van der Waals surface area contributed by atoms with Crippen LogP contribution in [0.15, 0.2) is 54.6 Å². The Balaban J connectivity index is 1.80. The zero-order chi connectivity index (χ0) is 21.9. The molecule has 0 aliphatic carbocycles. The van der Waals surface area contributed by atoms with E-state index in [1.807, 2.05) is 49.2 Å². The van der Waals surface area contributed by atoms with Crippen LogP contribution in [0.4, 0.5) is 23.2 Å². The first kappa shape index (κ1) is 21.3. The normalized spacial score (nSPS) is 12.5. The van der Waals surface area contributed by atoms with Gasteiger partial charge in [-0.05, 0) is 43.3 Å². The highest BCUT2D eigenvalue weighted by molar-refractivity contribution is 5.93. The van der Waals surface area contributed by atoms with Crippen molar-refractivity contribution >= 4 is 11.6 Å². The first-order chi connectivity index (χ1) is 14.2. The lowest BCUT2D eigenvalue weighted by molar-refractivity contribution is -0.143. The van der Waals surface area contributed by atoms with E-state index in [0.29, 0.717) is 4.68 Å². The van der Waals surface area contributed by atoms with Crippen molar-refractivity contribution in [3.63, 3.8) is 0 Å². The highest BCUT2D eigenvalue weighted by Gasteiger charge is 2.42. The second kappa shape index (κ2) is 8.52. The molecule has 1 N–H and O–H groups in total. The monoisotopic (exact) mass is 421 g/mol. The van der Waals surface area contributed by atoms with E-state index in [1.165, 1.54) is 0 Å². The molecule has 0 saturated heterocycles. The summed E-state index contributed by atoms with van der Waals surface area (Å²) >= 11 is 0. The molecule has 0 bridgehead atoms. The van der Waals surface area contributed by atoms with Crippen molar-refractivity contribution in [3.8, 4) is 5.69 Å². The molecule has 30 heavy (non-hydrogen) atoms. The van der Waals surface area contributed by atoms with Crippen LogP contribution in [0.25, 0.3) is 5.69 Å². The number of rotatable bonds is 6. The largest absolute Gasteiger partial charge is 0.435 e. The van der Waals surface area contributed by atoms with Gasteiger partial charge in [-0.25, -0.2) is 9.07 Å². The van der Waals surface area contributed by atoms with E-state index >= 15 is 0 Å². The van der Waals surface area contributed by atoms with E-state index in [9.17, 15) is 22.4 Å². The van der Waals surface area contributed by atoms with Crippen LogP contribution in [0.2, 0.25) is 0 Å². The molecule has 2 aromatic carbocycles. The topological polar surface area (TPSA) is 63.1 Å². The van der Waals surface area contributed by atoms with E-state index in [0.717, 1.165) is 30.0 Å². The van der Waals surface area contributed by atoms with Gasteiger partial charge in [0.15, 0.2) is 11.4 Å². The number of aromatic nitrogens is 3. The molecule has 1 aromatic heterocycles. The standard InChI is InChI=1S/C20H19F4N5O/c1-13(28(2)15-6-4-3-5-7-15)12-25-19(30)17-18(20(22,23)24)29(27-26-17)16-10-8-14(21)9-11-16/h3-11,13H,12H2,1-2H3,(H,25,30). The number of para-hydroxylation sites is 1. The van der Waals surface area contributed by atoms with Crippen molar-refractivity contribution in [3.05, 3.63) is 71.8 Å². The van der Waals surface area contributed by atoms with Crippen LogP contribution >= 0.6 is 0 Å². The fraction of sp³-hybridized carbons (Fsp3) is 0.250. The van der Waals surface area contributed by atoms with Crippen molar-refractivity contribution < 1.29 is 22.4 Å². The number of likely N-dealkylation sites (N-methyl/N-ethyl adjacent to an activating group) is 1. The van der Waals surface area contributed by atoms with Gasteiger partial charge in [0, 0.05) is 25.3 Å². The summed E-state index contributed by atoms with van der Waals surface area (Å²) in [6.45, 7) is 1.91. The number of nitrogens with one attached hydrogen (secondary N) is 1. The minimum absolute atomic E-state index is 0.0625. The molecule has 1 amide bonds. The van der Waals surface area contributed by atoms with Crippen molar-refractivity contribution in [1.82, 2.24) is 20.3 Å². The van der Waals surface area contributed by atoms with Gasteiger partial charge in [-0.3, -0.25) is 4.79 Å². The Morgan fingerprint density at radius 2 is 1.77 bits per heavy atom. The Kier molecular flexibility index (Phi) is 6.04. The molecule has 0 spiro atoms. The molecule has 1 atom stereocenters. The van der Waals surface area contributed by atoms with E-state index in [4.69, 9.17) is 0 Å². The maximum atomic E-state index is 13.7. The Morgan fingerprint density at radius 3 is 2.37 bits per heavy atom. The highest BCUT2D eigenvalue weighted by atomic mass is 19.4. The number of carbonyl (C=O) groups excluding carboxylic acids is 1. The van der Waals surface area contributed by atoms with Gasteiger partial charge in [0.1, 0.15) is 5.82 Å². The molecule has 6 nitrogen and oxygen atoms in total. The van der Waals surface area contributed by atoms with E-state index < -0.39 is 29.3 Å². The van der Waals surface area contributed by atoms with Crippen LogP contribution in [0.5, 0.6) is 0 Å². The van der Waals surface area contributed by atoms with Crippen molar-refractivity contribution in [1.29, 1.82) is 0 Å². The van der Waals surface area contributed by atoms with Gasteiger partial charge in [-0.2, -0.15) is 13.2 Å². The fourth-order valence-corrected chi connectivity index (χ4v) is 2.83. The smallest absolute Gasteiger partial charge is 0.370 e. The minimum Gasteiger partial charge on any atom is -0.370 e. The maximum absolute atomic E-state index is 13.7. The summed E-state index contributed by atoms with van der Waals surface area (Å²) < 4.78 is 54.5. The molecule has 0 aliphatic rings. The van der Waals surface area contributed by atoms with E-state index in [-0.39, 0.29) is 18.3 Å². The number of hydrogen-bond donors (Lipinski definition) is 1. The summed E-state index contributed by atoms with van der Waals surface area (Å²) in [5.74, 6) is -1.61. The van der Waals surface area contributed by atoms with Crippen molar-refractivity contribution in [2.75, 3.05) is 18.5 Å². The summed E-state index contributed by atoms with van der Waals surface area (Å²) in [5.41, 5.74) is -1.33. The Bertz CT molecular complexity index is 1000. The van der Waals surface area contributed by atoms with Crippen LogP contribution in [-0.2, 0) is 6.18 Å². The molecular weight excluding hydrogens is 402 g/mol. The summed E-state index contributed by atoms with van der Waals surface area (Å²) in [6, 6.07) is 13.4. The van der Waals surface area contributed by atoms with Gasteiger partial charge in [0.25, 0.3) is 5.91 Å². The maximum Gasteiger partial charge on any atom is 0.435 e. The van der Waals surface area contributed by atoms with E-state index in [2.05, 4.69) is 15.6 Å². The lowest BCUT2D eigenvalue weighted by Gasteiger charge is -2.27. The molecule has 1 unspecified atom stereocenters. The predicted molar refractivity (Wildman–Crippen MR) is 103 cm³/mol. The molecule has 0 radical (unpaired) electrons. The van der Waals surface area contributed by atoms with Gasteiger partial charge in [0.05, 0.1) is 5.69 Å². The number of benzene rings is 2. The van der Waals surface area contributed by atoms with Gasteiger partial charge >= 0.3 is 6.18 Å². The highest BCUT2D eigenvalue weighted by Crippen LogP contribution is 2.32. The molecule has 0 aliphatic heterocycles. The second-order valence-electron chi connectivity index (χ2n) is 6.68. The summed E-state index contributed by atoms with van der Waals surface area (Å²) in [6.07, 6.45) is -4.89. The summed E-state index contributed by atoms with van der Waals surface area (Å²) in [7, 11) is 1.82. The van der Waals surface area contributed by atoms with Crippen molar-refractivity contribution in [2.24, 2.45) is 0 Å². The third-order valence-electron chi connectivity index (χ3n) is 4.61. The number of nitrogens with zero attached hydrogens (tertiary/aromatic N) is 4. The first-order valence-corrected chi connectivity index (χ1v) is 9.03. The number of amides is 1. The van der Waals surface area contributed by atoms with Crippen LogP contribution in [-0.4, -0.2) is 40.5 Å². The molecule has 1 heterocycles. The summed E-state index contributed by atoms with van der Waals surface area (Å²) in [5, 5.41) is 9.38. The summed E-state index contributed by atoms with van der Waals surface area (Å²) in [4.78, 5) is 14.4. The Morgan fingerprint density at radius 1 is 1.13 bits per heavy atom. The quantitative estimate of drug-likeness (QED) is 0.617. The van der Waals surface area contributed by atoms with Gasteiger partial charge in [-0.1, -0.05) is 23.4 Å². The van der Waals surface area contributed by atoms with Gasteiger partial charge in [-0.15, -0.1) is 5.10 Å². The average molecular weight is 421 g/mol. The third kappa shape index (κ3) is 4.58. The van der Waals surface area contributed by atoms with Crippen LogP contribution in [0.1, 0.15) is 23.1 Å². The number of hydrogen-bond acceptors (Lipinski definition) is 4. The molecule has 0 fully saturated rings. The molecule has 10 heteroatoms. The molecule has 3 aromatic rings. The molecule has 158 valence electrons. The predicted octanol–water partition coefficient (Wildman–Crippen LogP) is 3.68. The number of carbonyl (C=O) groups is 1. The zero-order valence-electron chi connectivity index (χ0n) is 16.2. The van der Waals surface area contributed by atoms with Crippen LogP contribution < -0.4 is 10.2 Å². The average Bonchev–Trinajstić information content (AvgIpc) is 3.18. The lowest BCUT2D eigenvalue weighted by Crippen LogP contribution is -2.40. The lowest BCUT2D eigenvalue weighted by atomic mass is 10.2. The fourth-order valence-electron chi connectivity index (χ4n) is 2.83. The van der Waals surface area contributed by atoms with Gasteiger partial charge < -0.3 is 10.2 Å². The first-order valence-electron chi connectivity index (χ1n) is 9.03. The second-order valence-corrected chi connectivity index (χ2v) is 6.68. The van der Waals surface area contributed by atoms with Crippen LogP contribution in [0.3, 0.4) is 0 Å². The number of anilines is 1. The van der Waals surface area contributed by atoms with Crippen LogP contribution in [0, 0.1) is 5.82 Å². The van der Waals surface area contributed by atoms with E-state index in [1.54, 1.807) is 0 Å². The number of alkyl halides is 3. The van der Waals surface area contributed by atoms with Gasteiger partial charge in [0.2, 0.25) is 0 Å². The Labute approximate surface area is 170 Å². The minimum atomic E-state index is -4.89. The SMILES string of the molecule is CC(CNC(=O)c1nnn(-c2ccc(F)cc2)c1C(F)(F)F)N(C)c1ccccc1.